The number of ether oxygens (including phenoxy) is 1. The van der Waals surface area contributed by atoms with Crippen LogP contribution in [0.4, 0.5) is 0 Å². The molecular weight excluding hydrogens is 248 g/mol. The zero-order valence-corrected chi connectivity index (χ0v) is 12.3. The smallest absolute Gasteiger partial charge is 0.230 e. The summed E-state index contributed by atoms with van der Waals surface area (Å²) in [4.78, 5) is 12.3. The maximum atomic E-state index is 12.1. The molecule has 4 nitrogen and oxygen atoms in total. The van der Waals surface area contributed by atoms with Crippen molar-refractivity contribution in [2.75, 3.05) is 13.2 Å². The van der Waals surface area contributed by atoms with E-state index in [-0.39, 0.29) is 28.8 Å². The van der Waals surface area contributed by atoms with Gasteiger partial charge in [-0.2, -0.15) is 0 Å². The Morgan fingerprint density at radius 1 is 1.56 bits per heavy atom. The van der Waals surface area contributed by atoms with Gasteiger partial charge in [0.15, 0.2) is 0 Å². The van der Waals surface area contributed by atoms with Crippen molar-refractivity contribution in [1.82, 2.24) is 5.32 Å². The predicted octanol–water partition coefficient (Wildman–Crippen LogP) is 1.48. The Morgan fingerprint density at radius 2 is 2.22 bits per heavy atom. The number of nitrogens with one attached hydrogen (secondary N) is 1. The molecule has 1 fully saturated rings. The van der Waals surface area contributed by atoms with Crippen LogP contribution in [0.3, 0.4) is 0 Å². The number of carbonyl (C=O) groups excluding carboxylic acids is 1. The molecule has 1 aliphatic rings. The summed E-state index contributed by atoms with van der Waals surface area (Å²) < 4.78 is 5.60. The number of nitrogens with two attached hydrogens (primary N) is 1. The van der Waals surface area contributed by atoms with Gasteiger partial charge in [0.1, 0.15) is 0 Å². The van der Waals surface area contributed by atoms with Crippen molar-refractivity contribution < 1.29 is 9.53 Å². The Bertz CT molecular complexity index is 307. The third-order valence-corrected chi connectivity index (χ3v) is 3.80. The van der Waals surface area contributed by atoms with E-state index in [4.69, 9.17) is 22.7 Å². The Kier molecular flexibility index (Phi) is 6.02. The Balaban J connectivity index is 2.47. The summed E-state index contributed by atoms with van der Waals surface area (Å²) in [6.45, 7) is 7.47. The summed E-state index contributed by atoms with van der Waals surface area (Å²) in [5, 5.41) is 2.97. The Morgan fingerprint density at radius 3 is 2.72 bits per heavy atom. The molecule has 0 aromatic carbocycles. The second kappa shape index (κ2) is 7.04. The minimum absolute atomic E-state index is 0.0562. The van der Waals surface area contributed by atoms with Gasteiger partial charge in [-0.1, -0.05) is 33.0 Å². The van der Waals surface area contributed by atoms with E-state index in [2.05, 4.69) is 12.2 Å². The van der Waals surface area contributed by atoms with Crippen molar-refractivity contribution in [1.29, 1.82) is 0 Å². The summed E-state index contributed by atoms with van der Waals surface area (Å²) >= 11 is 4.96. The zero-order valence-electron chi connectivity index (χ0n) is 11.4. The molecule has 0 aromatic rings. The van der Waals surface area contributed by atoms with Gasteiger partial charge in [0.2, 0.25) is 5.91 Å². The average Bonchev–Trinajstić information content (AvgIpc) is 2.72. The minimum Gasteiger partial charge on any atom is -0.393 e. The monoisotopic (exact) mass is 272 g/mol. The third kappa shape index (κ3) is 3.92. The highest BCUT2D eigenvalue weighted by atomic mass is 32.1. The first-order chi connectivity index (χ1) is 8.47. The lowest BCUT2D eigenvalue weighted by atomic mass is 9.94. The van der Waals surface area contributed by atoms with E-state index < -0.39 is 0 Å². The number of amides is 1. The molecular formula is C13H24N2O2S. The van der Waals surface area contributed by atoms with Crippen LogP contribution in [0.5, 0.6) is 0 Å². The molecule has 0 spiro atoms. The first kappa shape index (κ1) is 15.4. The highest BCUT2D eigenvalue weighted by molar-refractivity contribution is 7.80. The fourth-order valence-corrected chi connectivity index (χ4v) is 2.86. The van der Waals surface area contributed by atoms with Crippen LogP contribution in [0, 0.1) is 17.8 Å². The fraction of sp³-hybridized carbons (Fsp3) is 0.846. The SMILES string of the molecule is CCC1OCCC1CNC(=O)C(C(N)=S)C(C)C. The molecule has 0 radical (unpaired) electrons. The lowest BCUT2D eigenvalue weighted by Gasteiger charge is -2.22. The Labute approximate surface area is 115 Å². The molecule has 0 saturated carbocycles. The van der Waals surface area contributed by atoms with E-state index in [1.807, 2.05) is 13.8 Å². The second-order valence-electron chi connectivity index (χ2n) is 5.24. The number of hydrogen-bond acceptors (Lipinski definition) is 3. The molecule has 3 atom stereocenters. The van der Waals surface area contributed by atoms with E-state index >= 15 is 0 Å². The summed E-state index contributed by atoms with van der Waals surface area (Å²) in [5.74, 6) is 0.115. The molecule has 1 rings (SSSR count). The minimum atomic E-state index is -0.373. The second-order valence-corrected chi connectivity index (χ2v) is 5.71. The van der Waals surface area contributed by atoms with Gasteiger partial charge in [-0.15, -0.1) is 0 Å². The van der Waals surface area contributed by atoms with Crippen LogP contribution in [0.25, 0.3) is 0 Å². The van der Waals surface area contributed by atoms with Crippen molar-refractivity contribution >= 4 is 23.1 Å². The molecule has 3 N–H and O–H groups in total. The van der Waals surface area contributed by atoms with Gasteiger partial charge in [0.25, 0.3) is 0 Å². The van der Waals surface area contributed by atoms with Crippen molar-refractivity contribution in [3.05, 3.63) is 0 Å². The molecule has 104 valence electrons. The van der Waals surface area contributed by atoms with Gasteiger partial charge in [-0.25, -0.2) is 0 Å². The normalized spacial score (nSPS) is 25.1. The summed E-state index contributed by atoms with van der Waals surface area (Å²) in [6, 6.07) is 0. The van der Waals surface area contributed by atoms with E-state index in [0.29, 0.717) is 12.5 Å². The molecule has 18 heavy (non-hydrogen) atoms. The van der Waals surface area contributed by atoms with E-state index in [1.165, 1.54) is 0 Å². The van der Waals surface area contributed by atoms with Crippen LogP contribution in [0.2, 0.25) is 0 Å². The van der Waals surface area contributed by atoms with Gasteiger partial charge in [0.05, 0.1) is 17.0 Å². The summed E-state index contributed by atoms with van der Waals surface area (Å²) in [6.07, 6.45) is 2.27. The van der Waals surface area contributed by atoms with Crippen molar-refractivity contribution in [2.45, 2.75) is 39.7 Å². The maximum Gasteiger partial charge on any atom is 0.230 e. The van der Waals surface area contributed by atoms with Crippen molar-refractivity contribution in [3.8, 4) is 0 Å². The predicted molar refractivity (Wildman–Crippen MR) is 76.3 cm³/mol. The molecule has 1 heterocycles. The number of carbonyl (C=O) groups is 1. The molecule has 1 saturated heterocycles. The molecule has 1 aliphatic heterocycles. The van der Waals surface area contributed by atoms with Gasteiger partial charge in [-0.3, -0.25) is 4.79 Å². The van der Waals surface area contributed by atoms with Gasteiger partial charge in [-0.05, 0) is 18.8 Å². The highest BCUT2D eigenvalue weighted by Gasteiger charge is 2.29. The molecule has 3 unspecified atom stereocenters. The Hall–Kier alpha value is -0.680. The molecule has 1 amide bonds. The van der Waals surface area contributed by atoms with Crippen molar-refractivity contribution in [2.24, 2.45) is 23.5 Å². The lowest BCUT2D eigenvalue weighted by molar-refractivity contribution is -0.124. The van der Waals surface area contributed by atoms with Crippen LogP contribution in [-0.2, 0) is 9.53 Å². The van der Waals surface area contributed by atoms with Crippen LogP contribution in [0.15, 0.2) is 0 Å². The van der Waals surface area contributed by atoms with Gasteiger partial charge in [0, 0.05) is 19.1 Å². The molecule has 0 bridgehead atoms. The third-order valence-electron chi connectivity index (χ3n) is 3.54. The van der Waals surface area contributed by atoms with E-state index in [0.717, 1.165) is 19.4 Å². The quantitative estimate of drug-likeness (QED) is 0.719. The molecule has 0 aliphatic carbocycles. The van der Waals surface area contributed by atoms with Crippen LogP contribution in [0.1, 0.15) is 33.6 Å². The first-order valence-corrected chi connectivity index (χ1v) is 7.06. The van der Waals surface area contributed by atoms with Gasteiger partial charge < -0.3 is 15.8 Å². The van der Waals surface area contributed by atoms with E-state index in [9.17, 15) is 4.79 Å². The van der Waals surface area contributed by atoms with Crippen LogP contribution >= 0.6 is 12.2 Å². The first-order valence-electron chi connectivity index (χ1n) is 6.66. The highest BCUT2D eigenvalue weighted by Crippen LogP contribution is 2.22. The molecule has 0 aromatic heterocycles. The van der Waals surface area contributed by atoms with Gasteiger partial charge >= 0.3 is 0 Å². The zero-order chi connectivity index (χ0) is 13.7. The number of hydrogen-bond donors (Lipinski definition) is 2. The van der Waals surface area contributed by atoms with E-state index in [1.54, 1.807) is 0 Å². The van der Waals surface area contributed by atoms with Crippen LogP contribution in [-0.4, -0.2) is 30.2 Å². The van der Waals surface area contributed by atoms with Crippen LogP contribution < -0.4 is 11.1 Å². The lowest BCUT2D eigenvalue weighted by Crippen LogP contribution is -2.43. The number of thiocarbonyl (C=S) groups is 1. The topological polar surface area (TPSA) is 64.3 Å². The maximum absolute atomic E-state index is 12.1. The summed E-state index contributed by atoms with van der Waals surface area (Å²) in [5.41, 5.74) is 5.62. The number of rotatable bonds is 6. The largest absolute Gasteiger partial charge is 0.393 e. The summed E-state index contributed by atoms with van der Waals surface area (Å²) in [7, 11) is 0. The standard InChI is InChI=1S/C13H24N2O2S/c1-4-10-9(5-6-17-10)7-15-13(16)11(8(2)3)12(14)18/h8-11H,4-7H2,1-3H3,(H2,14,18)(H,15,16). The fourth-order valence-electron chi connectivity index (χ4n) is 2.48. The van der Waals surface area contributed by atoms with Crippen molar-refractivity contribution in [3.63, 3.8) is 0 Å². The molecule has 5 heteroatoms. The average molecular weight is 272 g/mol.